The monoisotopic (exact) mass is 256 g/mol. The van der Waals surface area contributed by atoms with Crippen LogP contribution in [-0.4, -0.2) is 14.2 Å². The molecule has 0 unspecified atom stereocenters. The summed E-state index contributed by atoms with van der Waals surface area (Å²) in [5.74, 6) is 2.68. The van der Waals surface area contributed by atoms with Gasteiger partial charge in [0.15, 0.2) is 0 Å². The third-order valence-electron chi connectivity index (χ3n) is 3.43. The highest BCUT2D eigenvalue weighted by Crippen LogP contribution is 2.38. The molecule has 0 spiro atoms. The second-order valence-electron chi connectivity index (χ2n) is 4.56. The van der Waals surface area contributed by atoms with Gasteiger partial charge in [-0.05, 0) is 35.9 Å². The molecule has 0 radical (unpaired) electrons. The summed E-state index contributed by atoms with van der Waals surface area (Å²) in [5.41, 5.74) is 2.36. The van der Waals surface area contributed by atoms with Crippen LogP contribution in [0, 0.1) is 0 Å². The van der Waals surface area contributed by atoms with Gasteiger partial charge in [-0.1, -0.05) is 12.1 Å². The first-order valence-electron chi connectivity index (χ1n) is 6.27. The molecule has 3 nitrogen and oxygen atoms in total. The predicted octanol–water partition coefficient (Wildman–Crippen LogP) is 3.38. The molecule has 0 N–H and O–H groups in total. The molecular weight excluding hydrogens is 240 g/mol. The lowest BCUT2D eigenvalue weighted by atomic mass is 10.0. The number of methoxy groups -OCH3 is 2. The fourth-order valence-electron chi connectivity index (χ4n) is 2.36. The number of ether oxygens (including phenoxy) is 3. The zero-order valence-electron chi connectivity index (χ0n) is 11.1. The van der Waals surface area contributed by atoms with Crippen LogP contribution in [0.15, 0.2) is 42.5 Å². The zero-order valence-corrected chi connectivity index (χ0v) is 11.1. The minimum absolute atomic E-state index is 0.0769. The van der Waals surface area contributed by atoms with Gasteiger partial charge >= 0.3 is 0 Å². The van der Waals surface area contributed by atoms with Crippen molar-refractivity contribution in [3.8, 4) is 17.2 Å². The number of hydrogen-bond acceptors (Lipinski definition) is 3. The quantitative estimate of drug-likeness (QED) is 0.842. The summed E-state index contributed by atoms with van der Waals surface area (Å²) in [7, 11) is 3.35. The first-order valence-corrected chi connectivity index (χ1v) is 6.27. The Hall–Kier alpha value is -2.16. The molecule has 3 heteroatoms. The molecule has 0 aliphatic carbocycles. The average molecular weight is 256 g/mol. The average Bonchev–Trinajstić information content (AvgIpc) is 2.90. The molecule has 2 aromatic carbocycles. The van der Waals surface area contributed by atoms with E-state index >= 15 is 0 Å². The molecule has 1 heterocycles. The summed E-state index contributed by atoms with van der Waals surface area (Å²) in [6, 6.07) is 14.0. The highest BCUT2D eigenvalue weighted by atomic mass is 16.5. The Kier molecular flexibility index (Phi) is 3.03. The summed E-state index contributed by atoms with van der Waals surface area (Å²) in [6.07, 6.45) is 0.951. The van der Waals surface area contributed by atoms with E-state index in [1.807, 2.05) is 42.5 Å². The molecule has 0 saturated heterocycles. The van der Waals surface area contributed by atoms with Crippen molar-refractivity contribution in [2.45, 2.75) is 12.5 Å². The Labute approximate surface area is 112 Å². The summed E-state index contributed by atoms with van der Waals surface area (Å²) < 4.78 is 16.4. The van der Waals surface area contributed by atoms with E-state index in [0.717, 1.165) is 29.2 Å². The molecule has 1 atom stereocenters. The van der Waals surface area contributed by atoms with Gasteiger partial charge in [0.1, 0.15) is 23.4 Å². The van der Waals surface area contributed by atoms with Gasteiger partial charge < -0.3 is 14.2 Å². The maximum atomic E-state index is 5.97. The Balaban J connectivity index is 1.82. The molecule has 0 amide bonds. The van der Waals surface area contributed by atoms with E-state index in [-0.39, 0.29) is 6.10 Å². The topological polar surface area (TPSA) is 27.7 Å². The van der Waals surface area contributed by atoms with Gasteiger partial charge in [-0.2, -0.15) is 0 Å². The zero-order chi connectivity index (χ0) is 13.2. The minimum Gasteiger partial charge on any atom is -0.497 e. The van der Waals surface area contributed by atoms with Gasteiger partial charge in [0.25, 0.3) is 0 Å². The fourth-order valence-corrected chi connectivity index (χ4v) is 2.36. The van der Waals surface area contributed by atoms with Gasteiger partial charge in [-0.25, -0.2) is 0 Å². The molecule has 0 bridgehead atoms. The Morgan fingerprint density at radius 2 is 1.63 bits per heavy atom. The van der Waals surface area contributed by atoms with Crippen LogP contribution in [-0.2, 0) is 6.42 Å². The minimum atomic E-state index is 0.0769. The van der Waals surface area contributed by atoms with E-state index in [0.29, 0.717) is 0 Å². The highest BCUT2D eigenvalue weighted by molar-refractivity contribution is 5.45. The SMILES string of the molecule is COc1ccc([C@H]2Cc3cc(OC)ccc3O2)cc1. The number of rotatable bonds is 3. The molecule has 0 fully saturated rings. The summed E-state index contributed by atoms with van der Waals surface area (Å²) in [5, 5.41) is 0. The van der Waals surface area contributed by atoms with Crippen LogP contribution in [0.3, 0.4) is 0 Å². The van der Waals surface area contributed by atoms with Gasteiger partial charge in [-0.3, -0.25) is 0 Å². The lowest BCUT2D eigenvalue weighted by molar-refractivity contribution is 0.238. The smallest absolute Gasteiger partial charge is 0.128 e. The van der Waals surface area contributed by atoms with E-state index in [1.165, 1.54) is 5.56 Å². The second kappa shape index (κ2) is 4.84. The first-order chi connectivity index (χ1) is 9.30. The van der Waals surface area contributed by atoms with Crippen LogP contribution >= 0.6 is 0 Å². The molecule has 19 heavy (non-hydrogen) atoms. The van der Waals surface area contributed by atoms with Crippen LogP contribution in [0.1, 0.15) is 17.2 Å². The van der Waals surface area contributed by atoms with Gasteiger partial charge in [-0.15, -0.1) is 0 Å². The maximum Gasteiger partial charge on any atom is 0.128 e. The molecular formula is C16H16O3. The lowest BCUT2D eigenvalue weighted by Crippen LogP contribution is -2.02. The Morgan fingerprint density at radius 3 is 2.32 bits per heavy atom. The van der Waals surface area contributed by atoms with Crippen molar-refractivity contribution in [2.24, 2.45) is 0 Å². The van der Waals surface area contributed by atoms with Crippen molar-refractivity contribution in [3.63, 3.8) is 0 Å². The van der Waals surface area contributed by atoms with Crippen molar-refractivity contribution in [1.29, 1.82) is 0 Å². The molecule has 98 valence electrons. The normalized spacial score (nSPS) is 16.6. The van der Waals surface area contributed by atoms with Crippen LogP contribution in [0.5, 0.6) is 17.2 Å². The molecule has 3 rings (SSSR count). The molecule has 0 saturated carbocycles. The lowest BCUT2D eigenvalue weighted by Gasteiger charge is -2.11. The van der Waals surface area contributed by atoms with Crippen molar-refractivity contribution in [3.05, 3.63) is 53.6 Å². The van der Waals surface area contributed by atoms with Gasteiger partial charge in [0.05, 0.1) is 14.2 Å². The molecule has 1 aliphatic heterocycles. The highest BCUT2D eigenvalue weighted by Gasteiger charge is 2.24. The molecule has 2 aromatic rings. The van der Waals surface area contributed by atoms with Crippen LogP contribution < -0.4 is 14.2 Å². The van der Waals surface area contributed by atoms with Crippen molar-refractivity contribution in [2.75, 3.05) is 14.2 Å². The third-order valence-corrected chi connectivity index (χ3v) is 3.43. The summed E-state index contributed by atoms with van der Waals surface area (Å²) >= 11 is 0. The third kappa shape index (κ3) is 2.24. The summed E-state index contributed by atoms with van der Waals surface area (Å²) in [4.78, 5) is 0. The van der Waals surface area contributed by atoms with Crippen molar-refractivity contribution < 1.29 is 14.2 Å². The molecule has 0 aromatic heterocycles. The number of benzene rings is 2. The van der Waals surface area contributed by atoms with Gasteiger partial charge in [0.2, 0.25) is 0 Å². The van der Waals surface area contributed by atoms with Crippen LogP contribution in [0.25, 0.3) is 0 Å². The Bertz CT molecular complexity index is 575. The summed E-state index contributed by atoms with van der Waals surface area (Å²) in [6.45, 7) is 0. The number of fused-ring (bicyclic) bond motifs is 1. The van der Waals surface area contributed by atoms with Crippen molar-refractivity contribution in [1.82, 2.24) is 0 Å². The van der Waals surface area contributed by atoms with Crippen LogP contribution in [0.2, 0.25) is 0 Å². The van der Waals surface area contributed by atoms with E-state index < -0.39 is 0 Å². The first kappa shape index (κ1) is 11.9. The van der Waals surface area contributed by atoms with Crippen LogP contribution in [0.4, 0.5) is 0 Å². The molecule has 1 aliphatic rings. The van der Waals surface area contributed by atoms with E-state index in [1.54, 1.807) is 14.2 Å². The maximum absolute atomic E-state index is 5.97. The van der Waals surface area contributed by atoms with E-state index in [9.17, 15) is 0 Å². The van der Waals surface area contributed by atoms with E-state index in [4.69, 9.17) is 14.2 Å². The predicted molar refractivity (Wildman–Crippen MR) is 73.1 cm³/mol. The Morgan fingerprint density at radius 1 is 0.947 bits per heavy atom. The standard InChI is InChI=1S/C16H16O3/c1-17-13-5-3-11(4-6-13)16-10-12-9-14(18-2)7-8-15(12)19-16/h3-9,16H,10H2,1-2H3/t16-/m1/s1. The fraction of sp³-hybridized carbons (Fsp3) is 0.250. The largest absolute Gasteiger partial charge is 0.497 e. The van der Waals surface area contributed by atoms with Crippen molar-refractivity contribution >= 4 is 0 Å². The van der Waals surface area contributed by atoms with Gasteiger partial charge in [0, 0.05) is 12.0 Å². The second-order valence-corrected chi connectivity index (χ2v) is 4.56. The van der Waals surface area contributed by atoms with E-state index in [2.05, 4.69) is 0 Å². The number of hydrogen-bond donors (Lipinski definition) is 0.